The maximum Gasteiger partial charge on any atom is 0.251 e. The van der Waals surface area contributed by atoms with Crippen LogP contribution in [0.15, 0.2) is 30.6 Å². The lowest BCUT2D eigenvalue weighted by atomic mass is 10.2. The van der Waals surface area contributed by atoms with Crippen LogP contribution in [0.2, 0.25) is 0 Å². The number of aromatic nitrogens is 2. The highest BCUT2D eigenvalue weighted by molar-refractivity contribution is 5.95. The molecule has 1 aromatic heterocycles. The second kappa shape index (κ2) is 4.56. The number of carbonyl (C=O) groups excluding carboxylic acids is 1. The first-order valence-corrected chi connectivity index (χ1v) is 5.02. The Morgan fingerprint density at radius 3 is 3.00 bits per heavy atom. The molecule has 88 valence electrons. The van der Waals surface area contributed by atoms with E-state index < -0.39 is 0 Å². The number of aromatic hydroxyl groups is 1. The Bertz CT molecular complexity index is 522. The minimum absolute atomic E-state index is 0.101. The number of imidazole rings is 1. The zero-order chi connectivity index (χ0) is 12.3. The maximum atomic E-state index is 11.7. The van der Waals surface area contributed by atoms with Gasteiger partial charge in [-0.2, -0.15) is 0 Å². The lowest BCUT2D eigenvalue weighted by Crippen LogP contribution is -2.23. The molecular formula is C11H12N4O2. The number of benzene rings is 1. The van der Waals surface area contributed by atoms with E-state index in [9.17, 15) is 9.90 Å². The van der Waals surface area contributed by atoms with Gasteiger partial charge in [0.05, 0.1) is 12.2 Å². The van der Waals surface area contributed by atoms with Gasteiger partial charge < -0.3 is 21.1 Å². The van der Waals surface area contributed by atoms with E-state index in [1.54, 1.807) is 18.5 Å². The largest absolute Gasteiger partial charge is 0.506 e. The summed E-state index contributed by atoms with van der Waals surface area (Å²) >= 11 is 0. The number of hydrogen-bond acceptors (Lipinski definition) is 4. The molecule has 0 aliphatic rings. The van der Waals surface area contributed by atoms with Crippen molar-refractivity contribution in [1.82, 2.24) is 15.3 Å². The van der Waals surface area contributed by atoms with E-state index in [2.05, 4.69) is 15.3 Å². The predicted octanol–water partition coefficient (Wildman–Crippen LogP) is 0.627. The Morgan fingerprint density at radius 2 is 2.35 bits per heavy atom. The number of nitrogens with zero attached hydrogens (tertiary/aromatic N) is 1. The molecule has 1 aromatic carbocycles. The topological polar surface area (TPSA) is 104 Å². The van der Waals surface area contributed by atoms with Gasteiger partial charge in [0.2, 0.25) is 0 Å². The fourth-order valence-electron chi connectivity index (χ4n) is 1.35. The van der Waals surface area contributed by atoms with Gasteiger partial charge in [-0.05, 0) is 18.2 Å². The van der Waals surface area contributed by atoms with E-state index in [1.165, 1.54) is 12.1 Å². The number of amides is 1. The van der Waals surface area contributed by atoms with Crippen molar-refractivity contribution < 1.29 is 9.90 Å². The highest BCUT2D eigenvalue weighted by Gasteiger charge is 2.08. The lowest BCUT2D eigenvalue weighted by molar-refractivity contribution is 0.0949. The second-order valence-corrected chi connectivity index (χ2v) is 3.49. The molecule has 2 rings (SSSR count). The van der Waals surface area contributed by atoms with Gasteiger partial charge in [-0.3, -0.25) is 4.79 Å². The van der Waals surface area contributed by atoms with Crippen molar-refractivity contribution in [2.45, 2.75) is 6.54 Å². The number of aromatic amines is 1. The molecule has 17 heavy (non-hydrogen) atoms. The molecule has 0 atom stereocenters. The zero-order valence-electron chi connectivity index (χ0n) is 8.97. The number of carbonyl (C=O) groups is 1. The predicted molar refractivity (Wildman–Crippen MR) is 62.3 cm³/mol. The highest BCUT2D eigenvalue weighted by atomic mass is 16.3. The van der Waals surface area contributed by atoms with Crippen LogP contribution in [-0.2, 0) is 6.54 Å². The van der Waals surface area contributed by atoms with Crippen LogP contribution < -0.4 is 11.1 Å². The fraction of sp³-hybridized carbons (Fsp3) is 0.0909. The van der Waals surface area contributed by atoms with Gasteiger partial charge in [0.25, 0.3) is 5.91 Å². The molecule has 0 fully saturated rings. The van der Waals surface area contributed by atoms with Crippen molar-refractivity contribution in [3.05, 3.63) is 42.0 Å². The number of phenols is 1. The first kappa shape index (κ1) is 11.0. The zero-order valence-corrected chi connectivity index (χ0v) is 8.97. The molecule has 0 unspecified atom stereocenters. The Kier molecular flexibility index (Phi) is 2.95. The van der Waals surface area contributed by atoms with E-state index in [-0.39, 0.29) is 17.3 Å². The number of anilines is 1. The summed E-state index contributed by atoms with van der Waals surface area (Å²) in [6.45, 7) is 0.303. The van der Waals surface area contributed by atoms with E-state index in [4.69, 9.17) is 5.73 Å². The SMILES string of the molecule is Nc1ccc(C(=O)NCc2ncc[nH]2)cc1O. The molecule has 5 N–H and O–H groups in total. The molecule has 0 saturated heterocycles. The van der Waals surface area contributed by atoms with Crippen LogP contribution in [0.1, 0.15) is 16.2 Å². The van der Waals surface area contributed by atoms with Crippen molar-refractivity contribution in [3.8, 4) is 5.75 Å². The average molecular weight is 232 g/mol. The average Bonchev–Trinajstić information content (AvgIpc) is 2.82. The van der Waals surface area contributed by atoms with Gasteiger partial charge >= 0.3 is 0 Å². The van der Waals surface area contributed by atoms with Crippen molar-refractivity contribution in [3.63, 3.8) is 0 Å². The number of hydrogen-bond donors (Lipinski definition) is 4. The number of phenolic OH excluding ortho intramolecular Hbond substituents is 1. The summed E-state index contributed by atoms with van der Waals surface area (Å²) < 4.78 is 0. The van der Waals surface area contributed by atoms with Crippen LogP contribution >= 0.6 is 0 Å². The Hall–Kier alpha value is -2.50. The van der Waals surface area contributed by atoms with E-state index in [1.807, 2.05) is 0 Å². The monoisotopic (exact) mass is 232 g/mol. The number of rotatable bonds is 3. The summed E-state index contributed by atoms with van der Waals surface area (Å²) in [7, 11) is 0. The third-order valence-electron chi connectivity index (χ3n) is 2.26. The van der Waals surface area contributed by atoms with E-state index in [0.717, 1.165) is 0 Å². The molecule has 0 bridgehead atoms. The van der Waals surface area contributed by atoms with Gasteiger partial charge in [0.15, 0.2) is 0 Å². The Balaban J connectivity index is 2.02. The molecule has 0 saturated carbocycles. The molecule has 0 aliphatic carbocycles. The normalized spacial score (nSPS) is 10.1. The molecule has 0 aliphatic heterocycles. The van der Waals surface area contributed by atoms with Crippen LogP contribution in [-0.4, -0.2) is 21.0 Å². The quantitative estimate of drug-likeness (QED) is 0.460. The van der Waals surface area contributed by atoms with Crippen LogP contribution in [0.3, 0.4) is 0 Å². The van der Waals surface area contributed by atoms with Crippen molar-refractivity contribution in [2.75, 3.05) is 5.73 Å². The van der Waals surface area contributed by atoms with Crippen molar-refractivity contribution in [2.24, 2.45) is 0 Å². The smallest absolute Gasteiger partial charge is 0.251 e. The number of H-pyrrole nitrogens is 1. The van der Waals surface area contributed by atoms with Gasteiger partial charge in [-0.25, -0.2) is 4.98 Å². The number of nitrogens with one attached hydrogen (secondary N) is 2. The minimum atomic E-state index is -0.295. The summed E-state index contributed by atoms with van der Waals surface area (Å²) in [5.74, 6) is 0.269. The van der Waals surface area contributed by atoms with Crippen LogP contribution in [0.4, 0.5) is 5.69 Å². The summed E-state index contributed by atoms with van der Waals surface area (Å²) in [4.78, 5) is 18.5. The van der Waals surface area contributed by atoms with Crippen molar-refractivity contribution in [1.29, 1.82) is 0 Å². The number of nitrogens with two attached hydrogens (primary N) is 1. The highest BCUT2D eigenvalue weighted by Crippen LogP contribution is 2.20. The van der Waals surface area contributed by atoms with Crippen molar-refractivity contribution >= 4 is 11.6 Å². The maximum absolute atomic E-state index is 11.7. The van der Waals surface area contributed by atoms with Gasteiger partial charge in [-0.15, -0.1) is 0 Å². The van der Waals surface area contributed by atoms with Gasteiger partial charge in [0.1, 0.15) is 11.6 Å². The van der Waals surface area contributed by atoms with Crippen LogP contribution in [0.25, 0.3) is 0 Å². The molecule has 6 nitrogen and oxygen atoms in total. The van der Waals surface area contributed by atoms with E-state index >= 15 is 0 Å². The lowest BCUT2D eigenvalue weighted by Gasteiger charge is -2.05. The molecule has 2 aromatic rings. The fourth-order valence-corrected chi connectivity index (χ4v) is 1.35. The number of nitrogen functional groups attached to an aromatic ring is 1. The van der Waals surface area contributed by atoms with Gasteiger partial charge in [0, 0.05) is 18.0 Å². The molecule has 0 radical (unpaired) electrons. The summed E-state index contributed by atoms with van der Waals surface area (Å²) in [5, 5.41) is 12.0. The van der Waals surface area contributed by atoms with E-state index in [0.29, 0.717) is 17.9 Å². The summed E-state index contributed by atoms with van der Waals surface area (Å²) in [6.07, 6.45) is 3.28. The first-order chi connectivity index (χ1) is 8.16. The second-order valence-electron chi connectivity index (χ2n) is 3.49. The van der Waals surface area contributed by atoms with Gasteiger partial charge in [-0.1, -0.05) is 0 Å². The summed E-state index contributed by atoms with van der Waals surface area (Å²) in [6, 6.07) is 4.36. The Labute approximate surface area is 97.5 Å². The summed E-state index contributed by atoms with van der Waals surface area (Å²) in [5.41, 5.74) is 6.04. The molecule has 0 spiro atoms. The third kappa shape index (κ3) is 2.54. The molecule has 1 amide bonds. The van der Waals surface area contributed by atoms with Crippen LogP contribution in [0.5, 0.6) is 5.75 Å². The molecular weight excluding hydrogens is 220 g/mol. The molecule has 6 heteroatoms. The first-order valence-electron chi connectivity index (χ1n) is 5.02. The Morgan fingerprint density at radius 1 is 1.53 bits per heavy atom. The molecule has 1 heterocycles. The van der Waals surface area contributed by atoms with Crippen LogP contribution in [0, 0.1) is 0 Å². The minimum Gasteiger partial charge on any atom is -0.506 e. The standard InChI is InChI=1S/C11H12N4O2/c12-8-2-1-7(5-9(8)16)11(17)15-6-10-13-3-4-14-10/h1-5,16H,6,12H2,(H,13,14)(H,15,17). The third-order valence-corrected chi connectivity index (χ3v) is 2.26.